The fraction of sp³-hybridized carbons (Fsp3) is 0.143. The Bertz CT molecular complexity index is 731. The van der Waals surface area contributed by atoms with Gasteiger partial charge >= 0.3 is 0 Å². The van der Waals surface area contributed by atoms with Crippen LogP contribution in [0.4, 0.5) is 17.2 Å². The van der Waals surface area contributed by atoms with Gasteiger partial charge in [0.25, 0.3) is 11.6 Å². The highest BCUT2D eigenvalue weighted by atomic mass is 16.6. The molecule has 2 aromatic rings. The second-order valence-electron chi connectivity index (χ2n) is 4.68. The maximum Gasteiger partial charge on any atom is 0.293 e. The number of hydrogen-bond donors (Lipinski definition) is 2. The number of benzene rings is 1. The average molecular weight is 302 g/mol. The van der Waals surface area contributed by atoms with Crippen LogP contribution in [0.3, 0.4) is 0 Å². The largest absolute Gasteiger partial charge is 0.504 e. The molecule has 0 aliphatic carbocycles. The topological polar surface area (TPSA) is 109 Å². The number of rotatable bonds is 4. The number of amides is 1. The van der Waals surface area contributed by atoms with Gasteiger partial charge in [-0.3, -0.25) is 14.9 Å². The lowest BCUT2D eigenvalue weighted by Crippen LogP contribution is -2.15. The van der Waals surface area contributed by atoms with Gasteiger partial charge in [-0.15, -0.1) is 0 Å². The van der Waals surface area contributed by atoms with Gasteiger partial charge in [0.05, 0.1) is 4.92 Å². The number of carbonyl (C=O) groups is 1. The number of carbonyl (C=O) groups excluding carboxylic acids is 1. The third-order valence-corrected chi connectivity index (χ3v) is 2.93. The highest BCUT2D eigenvalue weighted by molar-refractivity contribution is 6.05. The maximum atomic E-state index is 12.1. The van der Waals surface area contributed by atoms with E-state index >= 15 is 0 Å². The summed E-state index contributed by atoms with van der Waals surface area (Å²) in [6, 6.07) is 7.04. The van der Waals surface area contributed by atoms with E-state index in [9.17, 15) is 20.0 Å². The van der Waals surface area contributed by atoms with Crippen molar-refractivity contribution in [2.45, 2.75) is 0 Å². The smallest absolute Gasteiger partial charge is 0.293 e. The zero-order valence-corrected chi connectivity index (χ0v) is 12.0. The van der Waals surface area contributed by atoms with Gasteiger partial charge in [-0.05, 0) is 24.3 Å². The number of nitro benzene ring substituents is 1. The summed E-state index contributed by atoms with van der Waals surface area (Å²) in [7, 11) is 3.35. The van der Waals surface area contributed by atoms with Crippen LogP contribution in [-0.4, -0.2) is 35.0 Å². The molecule has 8 nitrogen and oxygen atoms in total. The van der Waals surface area contributed by atoms with Crippen LogP contribution in [0.15, 0.2) is 36.5 Å². The van der Waals surface area contributed by atoms with Crippen molar-refractivity contribution in [1.82, 2.24) is 4.98 Å². The van der Waals surface area contributed by atoms with Gasteiger partial charge in [0, 0.05) is 31.9 Å². The quantitative estimate of drug-likeness (QED) is 0.660. The Morgan fingerprint density at radius 2 is 2.09 bits per heavy atom. The Morgan fingerprint density at radius 3 is 2.68 bits per heavy atom. The first-order chi connectivity index (χ1) is 10.4. The van der Waals surface area contributed by atoms with E-state index in [0.29, 0.717) is 5.69 Å². The zero-order valence-electron chi connectivity index (χ0n) is 12.0. The van der Waals surface area contributed by atoms with Crippen molar-refractivity contribution in [3.05, 3.63) is 52.2 Å². The molecule has 22 heavy (non-hydrogen) atoms. The summed E-state index contributed by atoms with van der Waals surface area (Å²) in [5, 5.41) is 23.1. The summed E-state index contributed by atoms with van der Waals surface area (Å²) in [6.07, 6.45) is 1.41. The lowest BCUT2D eigenvalue weighted by atomic mass is 10.1. The Labute approximate surface area is 126 Å². The Hall–Kier alpha value is -3.16. The molecule has 1 aromatic carbocycles. The second kappa shape index (κ2) is 6.08. The number of anilines is 2. The number of pyridine rings is 1. The molecular weight excluding hydrogens is 288 g/mol. The number of aromatic nitrogens is 1. The molecule has 1 heterocycles. The molecule has 1 aromatic heterocycles. The fourth-order valence-electron chi connectivity index (χ4n) is 1.86. The highest BCUT2D eigenvalue weighted by Crippen LogP contribution is 2.28. The van der Waals surface area contributed by atoms with E-state index in [-0.39, 0.29) is 22.8 Å². The molecular formula is C14H14N4O4. The molecule has 0 bridgehead atoms. The van der Waals surface area contributed by atoms with E-state index in [0.717, 1.165) is 0 Å². The van der Waals surface area contributed by atoms with Crippen LogP contribution in [0.5, 0.6) is 5.75 Å². The molecule has 0 saturated heterocycles. The van der Waals surface area contributed by atoms with E-state index in [4.69, 9.17) is 0 Å². The lowest BCUT2D eigenvalue weighted by molar-refractivity contribution is -0.384. The van der Waals surface area contributed by atoms with Crippen molar-refractivity contribution < 1.29 is 14.8 Å². The summed E-state index contributed by atoms with van der Waals surface area (Å²) in [4.78, 5) is 28.1. The van der Waals surface area contributed by atoms with E-state index in [1.54, 1.807) is 19.0 Å². The van der Waals surface area contributed by atoms with E-state index < -0.39 is 10.8 Å². The highest BCUT2D eigenvalue weighted by Gasteiger charge is 2.19. The van der Waals surface area contributed by atoms with Crippen LogP contribution in [0.25, 0.3) is 0 Å². The van der Waals surface area contributed by atoms with E-state index in [1.165, 1.54) is 36.5 Å². The minimum absolute atomic E-state index is 0.00756. The van der Waals surface area contributed by atoms with Gasteiger partial charge in [0.1, 0.15) is 5.69 Å². The standard InChI is InChI=1S/C14H14N4O4/c1-17(2)10-6-5-9(8-11(10)18(21)22)14(20)16-13-12(19)4-3-7-15-13/h3-8,19H,1-2H3,(H,15,16,20). The van der Waals surface area contributed by atoms with Crippen LogP contribution in [0.1, 0.15) is 10.4 Å². The molecule has 0 atom stereocenters. The molecule has 2 N–H and O–H groups in total. The molecule has 0 spiro atoms. The number of aromatic hydroxyl groups is 1. The average Bonchev–Trinajstić information content (AvgIpc) is 2.48. The third kappa shape index (κ3) is 3.11. The summed E-state index contributed by atoms with van der Waals surface area (Å²) >= 11 is 0. The molecule has 114 valence electrons. The van der Waals surface area contributed by atoms with E-state index in [1.807, 2.05) is 0 Å². The van der Waals surface area contributed by atoms with Crippen molar-refractivity contribution >= 4 is 23.1 Å². The molecule has 0 aliphatic heterocycles. The molecule has 0 saturated carbocycles. The van der Waals surface area contributed by atoms with Gasteiger partial charge in [-0.2, -0.15) is 0 Å². The van der Waals surface area contributed by atoms with E-state index in [2.05, 4.69) is 10.3 Å². The minimum atomic E-state index is -0.595. The summed E-state index contributed by atoms with van der Waals surface area (Å²) < 4.78 is 0. The van der Waals surface area contributed by atoms with Crippen LogP contribution >= 0.6 is 0 Å². The van der Waals surface area contributed by atoms with Gasteiger partial charge in [-0.25, -0.2) is 4.98 Å². The van der Waals surface area contributed by atoms with Crippen LogP contribution in [0.2, 0.25) is 0 Å². The monoisotopic (exact) mass is 302 g/mol. The normalized spacial score (nSPS) is 10.1. The molecule has 0 radical (unpaired) electrons. The number of hydrogen-bond acceptors (Lipinski definition) is 6. The molecule has 1 amide bonds. The molecule has 0 unspecified atom stereocenters. The molecule has 0 aliphatic rings. The van der Waals surface area contributed by atoms with Crippen LogP contribution in [0, 0.1) is 10.1 Å². The third-order valence-electron chi connectivity index (χ3n) is 2.93. The van der Waals surface area contributed by atoms with Crippen LogP contribution < -0.4 is 10.2 Å². The SMILES string of the molecule is CN(C)c1ccc(C(=O)Nc2ncccc2O)cc1[N+](=O)[O-]. The summed E-state index contributed by atoms with van der Waals surface area (Å²) in [5.74, 6) is -0.787. The Morgan fingerprint density at radius 1 is 1.36 bits per heavy atom. The van der Waals surface area contributed by atoms with Crippen molar-refractivity contribution in [1.29, 1.82) is 0 Å². The first-order valence-electron chi connectivity index (χ1n) is 6.31. The first-order valence-corrected chi connectivity index (χ1v) is 6.31. The van der Waals surface area contributed by atoms with Crippen molar-refractivity contribution in [2.24, 2.45) is 0 Å². The van der Waals surface area contributed by atoms with Crippen molar-refractivity contribution in [3.63, 3.8) is 0 Å². The molecule has 2 rings (SSSR count). The van der Waals surface area contributed by atoms with Crippen molar-refractivity contribution in [2.75, 3.05) is 24.3 Å². The molecule has 8 heteroatoms. The minimum Gasteiger partial charge on any atom is -0.504 e. The lowest BCUT2D eigenvalue weighted by Gasteiger charge is -2.13. The number of nitrogens with one attached hydrogen (secondary N) is 1. The second-order valence-corrected chi connectivity index (χ2v) is 4.68. The van der Waals surface area contributed by atoms with Gasteiger partial charge in [-0.1, -0.05) is 0 Å². The number of nitrogens with zero attached hydrogens (tertiary/aromatic N) is 3. The Kier molecular flexibility index (Phi) is 4.21. The summed E-state index contributed by atoms with van der Waals surface area (Å²) in [5.41, 5.74) is 0.312. The maximum absolute atomic E-state index is 12.1. The Balaban J connectivity index is 2.33. The molecule has 0 fully saturated rings. The van der Waals surface area contributed by atoms with Gasteiger partial charge in [0.2, 0.25) is 0 Å². The predicted molar refractivity (Wildman–Crippen MR) is 81.3 cm³/mol. The number of nitro groups is 1. The zero-order chi connectivity index (χ0) is 16.3. The first kappa shape index (κ1) is 15.2. The van der Waals surface area contributed by atoms with Crippen molar-refractivity contribution in [3.8, 4) is 5.75 Å². The van der Waals surface area contributed by atoms with Gasteiger partial charge < -0.3 is 15.3 Å². The predicted octanol–water partition coefficient (Wildman–Crippen LogP) is 2.01. The summed E-state index contributed by atoms with van der Waals surface area (Å²) in [6.45, 7) is 0. The van der Waals surface area contributed by atoms with Crippen LogP contribution in [-0.2, 0) is 0 Å². The fourth-order valence-corrected chi connectivity index (χ4v) is 1.86. The van der Waals surface area contributed by atoms with Gasteiger partial charge in [0.15, 0.2) is 11.6 Å².